The van der Waals surface area contributed by atoms with Crippen molar-refractivity contribution >= 4 is 55.7 Å². The molecule has 11 nitrogen and oxygen atoms in total. The zero-order chi connectivity index (χ0) is 28.4. The number of aromatic amines is 1. The van der Waals surface area contributed by atoms with Crippen molar-refractivity contribution < 1.29 is 13.2 Å². The average molecular weight is 597 g/mol. The molecule has 1 aliphatic carbocycles. The van der Waals surface area contributed by atoms with Gasteiger partial charge in [-0.25, -0.2) is 18.1 Å². The van der Waals surface area contributed by atoms with Crippen LogP contribution >= 0.6 is 11.3 Å². The third-order valence-electron chi connectivity index (χ3n) is 7.85. The first-order valence-corrected chi connectivity index (χ1v) is 16.4. The molecule has 0 radical (unpaired) electrons. The third kappa shape index (κ3) is 6.48. The van der Waals surface area contributed by atoms with Crippen LogP contribution in [-0.4, -0.2) is 67.2 Å². The van der Waals surface area contributed by atoms with Gasteiger partial charge >= 0.3 is 0 Å². The van der Waals surface area contributed by atoms with Crippen molar-refractivity contribution in [3.05, 3.63) is 47.1 Å². The van der Waals surface area contributed by atoms with E-state index < -0.39 is 10.0 Å². The van der Waals surface area contributed by atoms with Gasteiger partial charge in [-0.05, 0) is 81.3 Å². The summed E-state index contributed by atoms with van der Waals surface area (Å²) in [6.45, 7) is 7.75. The van der Waals surface area contributed by atoms with E-state index in [-0.39, 0.29) is 6.04 Å². The number of hydrogen-bond donors (Lipinski definition) is 4. The molecule has 0 spiro atoms. The van der Waals surface area contributed by atoms with Gasteiger partial charge in [-0.2, -0.15) is 9.97 Å². The second kappa shape index (κ2) is 11.9. The lowest BCUT2D eigenvalue weighted by Crippen LogP contribution is -2.36. The molecule has 0 unspecified atom stereocenters. The second-order valence-electron chi connectivity index (χ2n) is 10.8. The highest BCUT2D eigenvalue weighted by Crippen LogP contribution is 2.30. The number of imidazole rings is 1. The molecule has 4 heterocycles. The van der Waals surface area contributed by atoms with E-state index >= 15 is 0 Å². The Balaban J connectivity index is 1.08. The molecule has 1 aliphatic heterocycles. The van der Waals surface area contributed by atoms with Crippen molar-refractivity contribution in [3.8, 4) is 0 Å². The number of fused-ring (bicyclic) bond motifs is 1. The molecular formula is C28H36N8O3S2. The van der Waals surface area contributed by atoms with Gasteiger partial charge in [0.1, 0.15) is 9.73 Å². The van der Waals surface area contributed by atoms with Crippen LogP contribution in [0.4, 0.5) is 23.1 Å². The maximum Gasteiger partial charge on any atom is 0.250 e. The summed E-state index contributed by atoms with van der Waals surface area (Å²) in [5.41, 5.74) is 4.61. The Labute approximate surface area is 244 Å². The van der Waals surface area contributed by atoms with Crippen molar-refractivity contribution in [2.75, 3.05) is 48.4 Å². The quantitative estimate of drug-likeness (QED) is 0.219. The molecule has 2 fully saturated rings. The lowest BCUT2D eigenvalue weighted by molar-refractivity contribution is 0.122. The first kappa shape index (κ1) is 27.9. The molecule has 13 heteroatoms. The number of H-pyrrole nitrogens is 1. The number of aromatic nitrogens is 4. The number of ether oxygens (including phenoxy) is 1. The predicted molar refractivity (Wildman–Crippen MR) is 163 cm³/mol. The molecule has 3 aromatic heterocycles. The van der Waals surface area contributed by atoms with Gasteiger partial charge < -0.3 is 25.3 Å². The number of thiophene rings is 1. The normalized spacial score (nSPS) is 19.9. The molecule has 4 N–H and O–H groups in total. The third-order valence-corrected chi connectivity index (χ3v) is 10.8. The smallest absolute Gasteiger partial charge is 0.250 e. The second-order valence-corrected chi connectivity index (χ2v) is 14.1. The number of hydrogen-bond acceptors (Lipinski definition) is 10. The molecule has 1 aromatic carbocycles. The Bertz CT molecular complexity index is 1610. The summed E-state index contributed by atoms with van der Waals surface area (Å²) >= 11 is 1.30. The van der Waals surface area contributed by atoms with Crippen LogP contribution in [0.3, 0.4) is 0 Å². The highest BCUT2D eigenvalue weighted by Gasteiger charge is 2.25. The van der Waals surface area contributed by atoms with Crippen LogP contribution in [0, 0.1) is 19.8 Å². The number of nitrogens with one attached hydrogen (secondary N) is 4. The number of morpholine rings is 1. The minimum atomic E-state index is -3.45. The van der Waals surface area contributed by atoms with Crippen LogP contribution in [0.15, 0.2) is 40.9 Å². The highest BCUT2D eigenvalue weighted by atomic mass is 32.2. The van der Waals surface area contributed by atoms with E-state index in [1.54, 1.807) is 12.4 Å². The minimum Gasteiger partial charge on any atom is -0.378 e. The van der Waals surface area contributed by atoms with Crippen molar-refractivity contribution in [1.29, 1.82) is 0 Å². The maximum atomic E-state index is 12.6. The molecule has 1 saturated carbocycles. The van der Waals surface area contributed by atoms with Gasteiger partial charge in [0.05, 0.1) is 19.5 Å². The Kier molecular flexibility index (Phi) is 8.11. The molecule has 218 valence electrons. The lowest BCUT2D eigenvalue weighted by atomic mass is 9.86. The average Bonchev–Trinajstić information content (AvgIpc) is 3.64. The van der Waals surface area contributed by atoms with E-state index in [4.69, 9.17) is 9.72 Å². The Hall–Kier alpha value is -3.26. The molecule has 2 aliphatic rings. The van der Waals surface area contributed by atoms with E-state index in [1.807, 2.05) is 13.0 Å². The number of anilines is 4. The zero-order valence-electron chi connectivity index (χ0n) is 23.3. The van der Waals surface area contributed by atoms with Crippen molar-refractivity contribution in [2.24, 2.45) is 5.92 Å². The lowest BCUT2D eigenvalue weighted by Gasteiger charge is -2.29. The topological polar surface area (TPSA) is 137 Å². The Morgan fingerprint density at radius 2 is 1.88 bits per heavy atom. The van der Waals surface area contributed by atoms with E-state index in [1.165, 1.54) is 17.0 Å². The van der Waals surface area contributed by atoms with Gasteiger partial charge in [-0.3, -0.25) is 0 Å². The number of nitrogens with zero attached hydrogens (tertiary/aromatic N) is 4. The summed E-state index contributed by atoms with van der Waals surface area (Å²) in [6.07, 6.45) is 5.35. The van der Waals surface area contributed by atoms with Crippen LogP contribution in [-0.2, 0) is 14.8 Å². The van der Waals surface area contributed by atoms with Crippen LogP contribution in [0.2, 0.25) is 0 Å². The molecule has 4 aromatic rings. The van der Waals surface area contributed by atoms with Crippen LogP contribution < -0.4 is 20.3 Å². The van der Waals surface area contributed by atoms with E-state index in [0.29, 0.717) is 28.3 Å². The van der Waals surface area contributed by atoms with E-state index in [9.17, 15) is 8.42 Å². The summed E-state index contributed by atoms with van der Waals surface area (Å²) in [7, 11) is -3.45. The Morgan fingerprint density at radius 3 is 2.61 bits per heavy atom. The molecule has 41 heavy (non-hydrogen) atoms. The van der Waals surface area contributed by atoms with Gasteiger partial charge in [0, 0.05) is 41.9 Å². The van der Waals surface area contributed by atoms with Crippen molar-refractivity contribution in [1.82, 2.24) is 24.7 Å². The fourth-order valence-corrected chi connectivity index (χ4v) is 7.92. The predicted octanol–water partition coefficient (Wildman–Crippen LogP) is 4.56. The van der Waals surface area contributed by atoms with Gasteiger partial charge in [0.25, 0.3) is 0 Å². The summed E-state index contributed by atoms with van der Waals surface area (Å²) in [6, 6.07) is 10.1. The number of benzene rings is 1. The van der Waals surface area contributed by atoms with Gasteiger partial charge in [0.15, 0.2) is 11.5 Å². The van der Waals surface area contributed by atoms with Crippen LogP contribution in [0.5, 0.6) is 0 Å². The maximum absolute atomic E-state index is 12.6. The van der Waals surface area contributed by atoms with E-state index in [2.05, 4.69) is 60.3 Å². The molecule has 0 amide bonds. The first-order chi connectivity index (χ1) is 19.8. The van der Waals surface area contributed by atoms with Gasteiger partial charge in [0.2, 0.25) is 16.0 Å². The Morgan fingerprint density at radius 1 is 1.07 bits per heavy atom. The molecule has 0 bridgehead atoms. The fraction of sp³-hybridized carbons (Fsp3) is 0.464. The van der Waals surface area contributed by atoms with Crippen LogP contribution in [0.25, 0.3) is 11.2 Å². The number of aryl methyl sites for hydroxylation is 2. The molecule has 6 rings (SSSR count). The summed E-state index contributed by atoms with van der Waals surface area (Å²) < 4.78 is 33.9. The standard InChI is InChI=1S/C28H36N8O3S2/c1-18-15-22(36-11-13-39-14-12-36)8-9-23(18)33-28-34-26-25(29-17-30-26)27(35-28)32-21-6-4-20(5-7-21)16-31-41(37,38)24-10-3-19(2)40-24/h3,8-10,15,17,20-21,31H,4-7,11-14,16H2,1-2H3,(H3,29,30,32,33,34,35). The number of rotatable bonds is 9. The van der Waals surface area contributed by atoms with Crippen LogP contribution in [0.1, 0.15) is 36.1 Å². The van der Waals surface area contributed by atoms with E-state index in [0.717, 1.165) is 79.4 Å². The largest absolute Gasteiger partial charge is 0.378 e. The molecular weight excluding hydrogens is 560 g/mol. The molecule has 0 atom stereocenters. The summed E-state index contributed by atoms with van der Waals surface area (Å²) in [4.78, 5) is 20.3. The summed E-state index contributed by atoms with van der Waals surface area (Å²) in [5, 5.41) is 7.00. The minimum absolute atomic E-state index is 0.228. The molecule has 1 saturated heterocycles. The van der Waals surface area contributed by atoms with Gasteiger partial charge in [-0.1, -0.05) is 0 Å². The number of sulfonamides is 1. The SMILES string of the molecule is Cc1ccc(S(=O)(=O)NCC2CCC(Nc3nc(Nc4ccc(N5CCOCC5)cc4C)nc4nc[nH]c34)CC2)s1. The summed E-state index contributed by atoms with van der Waals surface area (Å²) in [5.74, 6) is 1.51. The first-order valence-electron chi connectivity index (χ1n) is 14.1. The highest BCUT2D eigenvalue weighted by molar-refractivity contribution is 7.91. The zero-order valence-corrected chi connectivity index (χ0v) is 24.9. The van der Waals surface area contributed by atoms with Gasteiger partial charge in [-0.15, -0.1) is 11.3 Å². The van der Waals surface area contributed by atoms with Crippen molar-refractivity contribution in [3.63, 3.8) is 0 Å². The monoisotopic (exact) mass is 596 g/mol. The fourth-order valence-electron chi connectivity index (χ4n) is 5.48. The van der Waals surface area contributed by atoms with Crippen molar-refractivity contribution in [2.45, 2.75) is 49.8 Å².